The van der Waals surface area contributed by atoms with Crippen molar-refractivity contribution in [3.63, 3.8) is 0 Å². The third-order valence-corrected chi connectivity index (χ3v) is 10.1. The minimum absolute atomic E-state index is 0. The van der Waals surface area contributed by atoms with Gasteiger partial charge < -0.3 is 24.0 Å². The van der Waals surface area contributed by atoms with Gasteiger partial charge in [0.1, 0.15) is 0 Å². The van der Waals surface area contributed by atoms with Crippen LogP contribution in [-0.2, 0) is 12.8 Å². The molecule has 0 saturated carbocycles. The molecule has 2 aromatic heterocycles. The van der Waals surface area contributed by atoms with Crippen molar-refractivity contribution in [1.82, 2.24) is 9.97 Å². The molecule has 0 aliphatic rings. The summed E-state index contributed by atoms with van der Waals surface area (Å²) in [6.07, 6.45) is 14.3. The Balaban J connectivity index is 0.00000264. The smallest absolute Gasteiger partial charge is 1.00 e. The molecule has 0 aliphatic heterocycles. The van der Waals surface area contributed by atoms with Crippen LogP contribution >= 0.6 is 7.26 Å². The fraction of sp³-hybridized carbons (Fsp3) is 0.444. The van der Waals surface area contributed by atoms with E-state index in [1.807, 2.05) is 24.8 Å². The van der Waals surface area contributed by atoms with Gasteiger partial charge in [0, 0.05) is 0 Å². The molecule has 0 bridgehead atoms. The molecule has 0 aliphatic carbocycles. The van der Waals surface area contributed by atoms with E-state index < -0.39 is 7.26 Å². The second kappa shape index (κ2) is 11.5. The summed E-state index contributed by atoms with van der Waals surface area (Å²) in [4.78, 5) is 8.24. The summed E-state index contributed by atoms with van der Waals surface area (Å²) in [5, 5.41) is 1.43. The van der Waals surface area contributed by atoms with Gasteiger partial charge in [-0.3, -0.25) is 0 Å². The van der Waals surface area contributed by atoms with Crippen LogP contribution < -0.4 is 24.0 Å². The van der Waals surface area contributed by atoms with Crippen molar-refractivity contribution >= 4 is 22.2 Å². The van der Waals surface area contributed by atoms with E-state index in [1.54, 1.807) is 0 Å². The first-order chi connectivity index (χ1) is 10.7. The first-order valence-electron chi connectivity index (χ1n) is 7.82. The Morgan fingerprint density at radius 3 is 1.65 bits per heavy atom. The van der Waals surface area contributed by atoms with Crippen molar-refractivity contribution < 1.29 is 24.0 Å². The van der Waals surface area contributed by atoms with Gasteiger partial charge in [0.25, 0.3) is 0 Å². The number of rotatable bonds is 9. The van der Waals surface area contributed by atoms with Crippen molar-refractivity contribution in [2.24, 2.45) is 0 Å². The molecule has 0 radical (unpaired) electrons. The van der Waals surface area contributed by atoms with Crippen LogP contribution in [0, 0.1) is 0 Å². The number of aromatic nitrogens is 2. The predicted octanol–water partition coefficient (Wildman–Crippen LogP) is 1.08. The van der Waals surface area contributed by atoms with Gasteiger partial charge in [-0.1, -0.05) is 0 Å². The first kappa shape index (κ1) is 21.0. The van der Waals surface area contributed by atoms with Crippen molar-refractivity contribution in [3.8, 4) is 0 Å². The molecule has 126 valence electrons. The van der Waals surface area contributed by atoms with Gasteiger partial charge in [0.05, 0.1) is 0 Å². The van der Waals surface area contributed by atoms with Crippen molar-refractivity contribution in [1.29, 1.82) is 0 Å². The summed E-state index contributed by atoms with van der Waals surface area (Å²) in [5.41, 5.74) is 2.87. The molecule has 0 atom stereocenters. The van der Waals surface area contributed by atoms with Gasteiger partial charge in [-0.15, -0.1) is 0 Å². The van der Waals surface area contributed by atoms with Crippen molar-refractivity contribution in [2.75, 3.05) is 25.2 Å². The monoisotopic (exact) mass is 508 g/mol. The zero-order valence-corrected chi connectivity index (χ0v) is 18.8. The average molecular weight is 507 g/mol. The summed E-state index contributed by atoms with van der Waals surface area (Å²) >= 11 is 0.800. The third-order valence-electron chi connectivity index (χ3n) is 4.21. The predicted molar refractivity (Wildman–Crippen MR) is 99.8 cm³/mol. The van der Waals surface area contributed by atoms with Crippen LogP contribution in [0.2, 0.25) is 11.1 Å². The fourth-order valence-electron chi connectivity index (χ4n) is 2.54. The number of aryl methyl sites for hydroxylation is 2. The molecule has 2 nitrogen and oxygen atoms in total. The fourth-order valence-corrected chi connectivity index (χ4v) is 9.36. The Hall–Kier alpha value is -0.0205. The van der Waals surface area contributed by atoms with Crippen LogP contribution in [0.15, 0.2) is 49.1 Å². The largest absolute Gasteiger partial charge is 1.00 e. The quantitative estimate of drug-likeness (QED) is 0.289. The molecule has 0 unspecified atom stereocenters. The van der Waals surface area contributed by atoms with Gasteiger partial charge in [-0.05, 0) is 0 Å². The molecular weight excluding hydrogens is 481 g/mol. The van der Waals surface area contributed by atoms with Crippen LogP contribution in [0.1, 0.15) is 11.1 Å². The van der Waals surface area contributed by atoms with E-state index in [-0.39, 0.29) is 24.0 Å². The molecule has 2 rings (SSSR count). The molecule has 0 fully saturated rings. The molecule has 2 heterocycles. The zero-order valence-electron chi connectivity index (χ0n) is 14.0. The normalized spacial score (nSPS) is 11.0. The molecule has 2 aromatic rings. The SMILES string of the molecule is C[Se]CC[P+](C)(CCc1ccncc1)CCc1ccncc1.[I-]. The van der Waals surface area contributed by atoms with Gasteiger partial charge in [0.15, 0.2) is 0 Å². The molecule has 0 aromatic carbocycles. The second-order valence-electron chi connectivity index (χ2n) is 5.99. The Labute approximate surface area is 164 Å². The molecule has 0 N–H and O–H groups in total. The zero-order chi connectivity index (χ0) is 15.7. The molecule has 5 heteroatoms. The van der Waals surface area contributed by atoms with E-state index >= 15 is 0 Å². The summed E-state index contributed by atoms with van der Waals surface area (Å²) < 4.78 is 0. The first-order valence-corrected chi connectivity index (χ1v) is 13.5. The second-order valence-corrected chi connectivity index (χ2v) is 12.6. The summed E-state index contributed by atoms with van der Waals surface area (Å²) in [6, 6.07) is 8.65. The van der Waals surface area contributed by atoms with E-state index in [4.69, 9.17) is 0 Å². The van der Waals surface area contributed by atoms with Gasteiger partial charge in [-0.25, -0.2) is 0 Å². The van der Waals surface area contributed by atoms with Crippen LogP contribution in [0.5, 0.6) is 0 Å². The Morgan fingerprint density at radius 1 is 0.826 bits per heavy atom. The van der Waals surface area contributed by atoms with Crippen molar-refractivity contribution in [3.05, 3.63) is 60.2 Å². The standard InChI is InChI=1S/C18H26N2PSe.HI/c1-21(15-16-22-2,13-7-17-3-9-19-10-4-17)14-8-18-5-11-20-12-6-18;/h3-6,9-12H,7-8,13-16H2,1-2H3;1H/q+1;/p-1. The average Bonchev–Trinajstić information content (AvgIpc) is 2.59. The Kier molecular flexibility index (Phi) is 10.5. The number of hydrogen-bond acceptors (Lipinski definition) is 2. The van der Waals surface area contributed by atoms with Crippen LogP contribution in [0.25, 0.3) is 0 Å². The van der Waals surface area contributed by atoms with Crippen LogP contribution in [-0.4, -0.2) is 50.1 Å². The third kappa shape index (κ3) is 8.07. The number of halogens is 1. The van der Waals surface area contributed by atoms with Crippen LogP contribution in [0.4, 0.5) is 0 Å². The maximum absolute atomic E-state index is 4.12. The van der Waals surface area contributed by atoms with E-state index in [1.165, 1.54) is 47.8 Å². The maximum atomic E-state index is 4.12. The maximum Gasteiger partial charge on any atom is -1.00 e. The minimum Gasteiger partial charge on any atom is -1.00 e. The van der Waals surface area contributed by atoms with Crippen LogP contribution in [0.3, 0.4) is 0 Å². The molecule has 0 spiro atoms. The van der Waals surface area contributed by atoms with E-state index in [9.17, 15) is 0 Å². The van der Waals surface area contributed by atoms with Crippen molar-refractivity contribution in [2.45, 2.75) is 24.0 Å². The summed E-state index contributed by atoms with van der Waals surface area (Å²) in [6.45, 7) is 2.58. The Morgan fingerprint density at radius 2 is 1.26 bits per heavy atom. The number of nitrogens with zero attached hydrogens (tertiary/aromatic N) is 2. The summed E-state index contributed by atoms with van der Waals surface area (Å²) in [5.74, 6) is 2.36. The number of hydrogen-bond donors (Lipinski definition) is 0. The Bertz CT molecular complexity index is 496. The minimum atomic E-state index is -0.842. The molecule has 23 heavy (non-hydrogen) atoms. The van der Waals surface area contributed by atoms with E-state index in [2.05, 4.69) is 46.7 Å². The van der Waals surface area contributed by atoms with E-state index in [0.29, 0.717) is 0 Å². The molecule has 0 saturated heterocycles. The topological polar surface area (TPSA) is 25.8 Å². The molecular formula is C18H26IN2PSe. The van der Waals surface area contributed by atoms with Gasteiger partial charge in [0.2, 0.25) is 0 Å². The van der Waals surface area contributed by atoms with Gasteiger partial charge >= 0.3 is 142 Å². The molecule has 0 amide bonds. The van der Waals surface area contributed by atoms with E-state index in [0.717, 1.165) is 15.0 Å². The number of pyridine rings is 2. The van der Waals surface area contributed by atoms with Gasteiger partial charge in [-0.2, -0.15) is 0 Å². The summed E-state index contributed by atoms with van der Waals surface area (Å²) in [7, 11) is -0.842.